The van der Waals surface area contributed by atoms with Gasteiger partial charge in [-0.3, -0.25) is 14.5 Å². The average molecular weight is 372 g/mol. The molecule has 1 saturated heterocycles. The SMILES string of the molecule is CC1(CCc2ccccc2)NC(=O)N(CC(=O)c2ccc(F)c(F)c2)C1=O. The molecule has 1 N–H and O–H groups in total. The van der Waals surface area contributed by atoms with Crippen LogP contribution in [0.4, 0.5) is 13.6 Å². The van der Waals surface area contributed by atoms with E-state index in [4.69, 9.17) is 0 Å². The Bertz CT molecular complexity index is 901. The molecule has 140 valence electrons. The summed E-state index contributed by atoms with van der Waals surface area (Å²) in [6, 6.07) is 11.5. The number of aryl methyl sites for hydroxylation is 1. The first-order valence-corrected chi connectivity index (χ1v) is 8.46. The molecule has 0 saturated carbocycles. The van der Waals surface area contributed by atoms with Gasteiger partial charge in [0, 0.05) is 5.56 Å². The Kier molecular flexibility index (Phi) is 5.03. The first-order valence-electron chi connectivity index (χ1n) is 8.46. The van der Waals surface area contributed by atoms with Crippen molar-refractivity contribution in [3.05, 3.63) is 71.3 Å². The number of ketones is 1. The number of nitrogens with one attached hydrogen (secondary N) is 1. The molecule has 27 heavy (non-hydrogen) atoms. The van der Waals surface area contributed by atoms with Crippen molar-refractivity contribution in [2.45, 2.75) is 25.3 Å². The lowest BCUT2D eigenvalue weighted by molar-refractivity contribution is -0.130. The molecule has 0 radical (unpaired) electrons. The van der Waals surface area contributed by atoms with Crippen LogP contribution in [0.25, 0.3) is 0 Å². The number of carbonyl (C=O) groups excluding carboxylic acids is 3. The van der Waals surface area contributed by atoms with Gasteiger partial charge in [-0.05, 0) is 43.5 Å². The first-order chi connectivity index (χ1) is 12.8. The number of carbonyl (C=O) groups is 3. The Labute approximate surface area is 155 Å². The van der Waals surface area contributed by atoms with Crippen LogP contribution in [0.15, 0.2) is 48.5 Å². The van der Waals surface area contributed by atoms with E-state index in [2.05, 4.69) is 5.32 Å². The third kappa shape index (κ3) is 3.86. The van der Waals surface area contributed by atoms with Crippen molar-refractivity contribution in [2.24, 2.45) is 0 Å². The van der Waals surface area contributed by atoms with E-state index in [-0.39, 0.29) is 5.56 Å². The first kappa shape index (κ1) is 18.7. The summed E-state index contributed by atoms with van der Waals surface area (Å²) in [4.78, 5) is 38.0. The lowest BCUT2D eigenvalue weighted by Crippen LogP contribution is -2.44. The van der Waals surface area contributed by atoms with Crippen LogP contribution in [0.2, 0.25) is 0 Å². The minimum absolute atomic E-state index is 0.104. The number of benzene rings is 2. The lowest BCUT2D eigenvalue weighted by Gasteiger charge is -2.21. The second kappa shape index (κ2) is 7.26. The van der Waals surface area contributed by atoms with Crippen LogP contribution in [-0.4, -0.2) is 34.7 Å². The van der Waals surface area contributed by atoms with Crippen molar-refractivity contribution in [3.8, 4) is 0 Å². The lowest BCUT2D eigenvalue weighted by atomic mass is 9.93. The van der Waals surface area contributed by atoms with Gasteiger partial charge in [0.1, 0.15) is 5.54 Å². The third-order valence-corrected chi connectivity index (χ3v) is 4.64. The fourth-order valence-corrected chi connectivity index (χ4v) is 3.00. The van der Waals surface area contributed by atoms with Crippen LogP contribution < -0.4 is 5.32 Å². The normalized spacial score (nSPS) is 19.3. The Hall–Kier alpha value is -3.09. The topological polar surface area (TPSA) is 66.5 Å². The van der Waals surface area contributed by atoms with Crippen molar-refractivity contribution in [1.82, 2.24) is 10.2 Å². The van der Waals surface area contributed by atoms with E-state index in [9.17, 15) is 23.2 Å². The van der Waals surface area contributed by atoms with E-state index >= 15 is 0 Å². The van der Waals surface area contributed by atoms with Crippen molar-refractivity contribution in [2.75, 3.05) is 6.54 Å². The molecule has 0 bridgehead atoms. The Morgan fingerprint density at radius 2 is 1.78 bits per heavy atom. The van der Waals surface area contributed by atoms with Crippen molar-refractivity contribution in [1.29, 1.82) is 0 Å². The molecule has 0 aliphatic carbocycles. The van der Waals surface area contributed by atoms with Crippen LogP contribution >= 0.6 is 0 Å². The molecule has 1 fully saturated rings. The van der Waals surface area contributed by atoms with E-state index in [1.165, 1.54) is 0 Å². The number of Topliss-reactive ketones (excluding diaryl/α,β-unsaturated/α-hetero) is 1. The number of halogens is 2. The number of rotatable bonds is 6. The van der Waals surface area contributed by atoms with Gasteiger partial charge in [0.15, 0.2) is 17.4 Å². The van der Waals surface area contributed by atoms with Crippen molar-refractivity contribution >= 4 is 17.7 Å². The number of amides is 3. The average Bonchev–Trinajstić information content (AvgIpc) is 2.86. The van der Waals surface area contributed by atoms with Gasteiger partial charge in [0.05, 0.1) is 6.54 Å². The van der Waals surface area contributed by atoms with Crippen molar-refractivity contribution < 1.29 is 23.2 Å². The van der Waals surface area contributed by atoms with Gasteiger partial charge in [-0.15, -0.1) is 0 Å². The molecule has 1 aliphatic rings. The summed E-state index contributed by atoms with van der Waals surface area (Å²) in [5.41, 5.74) is -0.203. The van der Waals surface area contributed by atoms with E-state index < -0.39 is 41.4 Å². The molecule has 0 aromatic heterocycles. The zero-order valence-electron chi connectivity index (χ0n) is 14.7. The van der Waals surface area contributed by atoms with Gasteiger partial charge < -0.3 is 5.32 Å². The molecule has 5 nitrogen and oxygen atoms in total. The predicted molar refractivity (Wildman–Crippen MR) is 94.1 cm³/mol. The van der Waals surface area contributed by atoms with Gasteiger partial charge in [-0.2, -0.15) is 0 Å². The molecule has 1 atom stereocenters. The highest BCUT2D eigenvalue weighted by Gasteiger charge is 2.47. The molecule has 2 aromatic rings. The molecule has 1 aliphatic heterocycles. The summed E-state index contributed by atoms with van der Waals surface area (Å²) in [6.07, 6.45) is 0.950. The molecule has 3 rings (SSSR count). The summed E-state index contributed by atoms with van der Waals surface area (Å²) in [5.74, 6) is -3.40. The molecule has 1 unspecified atom stereocenters. The van der Waals surface area contributed by atoms with Crippen LogP contribution in [-0.2, 0) is 11.2 Å². The molecular formula is C20H18F2N2O3. The minimum Gasteiger partial charge on any atom is -0.323 e. The summed E-state index contributed by atoms with van der Waals surface area (Å²) < 4.78 is 26.3. The fraction of sp³-hybridized carbons (Fsp3) is 0.250. The maximum atomic E-state index is 13.3. The van der Waals surface area contributed by atoms with Gasteiger partial charge in [-0.1, -0.05) is 30.3 Å². The van der Waals surface area contributed by atoms with Crippen LogP contribution in [0.5, 0.6) is 0 Å². The maximum absolute atomic E-state index is 13.3. The van der Waals surface area contributed by atoms with E-state index in [1.54, 1.807) is 6.92 Å². The Balaban J connectivity index is 1.69. The van der Waals surface area contributed by atoms with Gasteiger partial charge in [0.25, 0.3) is 5.91 Å². The number of hydrogen-bond donors (Lipinski definition) is 1. The standard InChI is InChI=1S/C20H18F2N2O3/c1-20(10-9-13-5-3-2-4-6-13)18(26)24(19(27)23-20)12-17(25)14-7-8-15(21)16(22)11-14/h2-8,11H,9-10,12H2,1H3,(H,23,27). The maximum Gasteiger partial charge on any atom is 0.325 e. The summed E-state index contributed by atoms with van der Waals surface area (Å²) in [5, 5.41) is 2.63. The smallest absolute Gasteiger partial charge is 0.323 e. The summed E-state index contributed by atoms with van der Waals surface area (Å²) in [6.45, 7) is 1.08. The van der Waals surface area contributed by atoms with Crippen LogP contribution in [0.3, 0.4) is 0 Å². The van der Waals surface area contributed by atoms with E-state index in [1.807, 2.05) is 30.3 Å². The highest BCUT2D eigenvalue weighted by molar-refractivity contribution is 6.11. The van der Waals surface area contributed by atoms with Crippen LogP contribution in [0.1, 0.15) is 29.3 Å². The zero-order valence-corrected chi connectivity index (χ0v) is 14.7. The van der Waals surface area contributed by atoms with E-state index in [0.29, 0.717) is 12.8 Å². The molecular weight excluding hydrogens is 354 g/mol. The monoisotopic (exact) mass is 372 g/mol. The molecule has 1 heterocycles. The summed E-state index contributed by atoms with van der Waals surface area (Å²) in [7, 11) is 0. The van der Waals surface area contributed by atoms with Gasteiger partial charge in [-0.25, -0.2) is 13.6 Å². The van der Waals surface area contributed by atoms with Gasteiger partial charge >= 0.3 is 6.03 Å². The fourth-order valence-electron chi connectivity index (χ4n) is 3.00. The highest BCUT2D eigenvalue weighted by Crippen LogP contribution is 2.24. The molecule has 3 amide bonds. The largest absolute Gasteiger partial charge is 0.325 e. The minimum atomic E-state index is -1.16. The highest BCUT2D eigenvalue weighted by atomic mass is 19.2. The Morgan fingerprint density at radius 1 is 1.07 bits per heavy atom. The number of nitrogens with zero attached hydrogens (tertiary/aromatic N) is 1. The second-order valence-electron chi connectivity index (χ2n) is 6.69. The number of imide groups is 1. The predicted octanol–water partition coefficient (Wildman–Crippen LogP) is 3.09. The zero-order chi connectivity index (χ0) is 19.6. The van der Waals surface area contributed by atoms with E-state index in [0.717, 1.165) is 28.7 Å². The van der Waals surface area contributed by atoms with Crippen LogP contribution in [0, 0.1) is 11.6 Å². The quantitative estimate of drug-likeness (QED) is 0.626. The molecule has 2 aromatic carbocycles. The Morgan fingerprint density at radius 3 is 2.44 bits per heavy atom. The van der Waals surface area contributed by atoms with Crippen molar-refractivity contribution in [3.63, 3.8) is 0 Å². The number of hydrogen-bond acceptors (Lipinski definition) is 3. The number of urea groups is 1. The molecule has 0 spiro atoms. The van der Waals surface area contributed by atoms with Gasteiger partial charge in [0.2, 0.25) is 0 Å². The third-order valence-electron chi connectivity index (χ3n) is 4.64. The summed E-state index contributed by atoms with van der Waals surface area (Å²) >= 11 is 0. The molecule has 7 heteroatoms. The second-order valence-corrected chi connectivity index (χ2v) is 6.69.